The van der Waals surface area contributed by atoms with Crippen LogP contribution in [-0.2, 0) is 4.79 Å². The zero-order chi connectivity index (χ0) is 11.4. The maximum atomic E-state index is 11.9. The summed E-state index contributed by atoms with van der Waals surface area (Å²) >= 11 is 0. The standard InChI is InChI=1S/C13H24N2O/c1-11-5-4-9-15(13(11)16)10-7-12-6-2-3-8-14-12/h11-12,14H,2-10H2,1H3. The first kappa shape index (κ1) is 11.9. The van der Waals surface area contributed by atoms with Gasteiger partial charge in [-0.15, -0.1) is 0 Å². The van der Waals surface area contributed by atoms with Crippen molar-refractivity contribution >= 4 is 5.91 Å². The van der Waals surface area contributed by atoms with E-state index in [0.717, 1.165) is 32.5 Å². The fraction of sp³-hybridized carbons (Fsp3) is 0.923. The average Bonchev–Trinajstić information content (AvgIpc) is 2.32. The Kier molecular flexibility index (Phi) is 4.22. The van der Waals surface area contributed by atoms with Gasteiger partial charge in [0.15, 0.2) is 0 Å². The average molecular weight is 224 g/mol. The van der Waals surface area contributed by atoms with Crippen molar-refractivity contribution in [3.05, 3.63) is 0 Å². The second kappa shape index (κ2) is 5.67. The van der Waals surface area contributed by atoms with Crippen LogP contribution in [-0.4, -0.2) is 36.5 Å². The fourth-order valence-corrected chi connectivity index (χ4v) is 2.84. The molecule has 2 rings (SSSR count). The Morgan fingerprint density at radius 1 is 1.31 bits per heavy atom. The van der Waals surface area contributed by atoms with E-state index in [9.17, 15) is 4.79 Å². The Balaban J connectivity index is 1.73. The minimum atomic E-state index is 0.257. The largest absolute Gasteiger partial charge is 0.342 e. The lowest BCUT2D eigenvalue weighted by Gasteiger charge is -2.32. The predicted molar refractivity (Wildman–Crippen MR) is 65.2 cm³/mol. The molecular weight excluding hydrogens is 200 g/mol. The van der Waals surface area contributed by atoms with Gasteiger partial charge in [0.05, 0.1) is 0 Å². The molecule has 2 unspecified atom stereocenters. The van der Waals surface area contributed by atoms with Crippen LogP contribution in [0.5, 0.6) is 0 Å². The predicted octanol–water partition coefficient (Wildman–Crippen LogP) is 1.78. The second-order valence-electron chi connectivity index (χ2n) is 5.30. The molecule has 3 heteroatoms. The second-order valence-corrected chi connectivity index (χ2v) is 5.30. The summed E-state index contributed by atoms with van der Waals surface area (Å²) < 4.78 is 0. The third-order valence-corrected chi connectivity index (χ3v) is 3.96. The Morgan fingerprint density at radius 3 is 2.94 bits per heavy atom. The van der Waals surface area contributed by atoms with Gasteiger partial charge in [0.25, 0.3) is 0 Å². The number of hydrogen-bond acceptors (Lipinski definition) is 2. The molecule has 2 saturated heterocycles. The Morgan fingerprint density at radius 2 is 2.19 bits per heavy atom. The van der Waals surface area contributed by atoms with Gasteiger partial charge in [0, 0.05) is 25.0 Å². The van der Waals surface area contributed by atoms with E-state index < -0.39 is 0 Å². The Labute approximate surface area is 98.6 Å². The van der Waals surface area contributed by atoms with Crippen LogP contribution in [0.4, 0.5) is 0 Å². The van der Waals surface area contributed by atoms with Gasteiger partial charge in [-0.3, -0.25) is 4.79 Å². The van der Waals surface area contributed by atoms with E-state index in [-0.39, 0.29) is 5.92 Å². The molecule has 0 aromatic carbocycles. The summed E-state index contributed by atoms with van der Waals surface area (Å²) in [5, 5.41) is 3.55. The minimum Gasteiger partial charge on any atom is -0.342 e. The summed E-state index contributed by atoms with van der Waals surface area (Å²) in [7, 11) is 0. The van der Waals surface area contributed by atoms with Gasteiger partial charge in [-0.25, -0.2) is 0 Å². The van der Waals surface area contributed by atoms with Crippen molar-refractivity contribution in [3.63, 3.8) is 0 Å². The van der Waals surface area contributed by atoms with Crippen molar-refractivity contribution in [2.24, 2.45) is 5.92 Å². The molecule has 2 heterocycles. The number of carbonyl (C=O) groups is 1. The third-order valence-electron chi connectivity index (χ3n) is 3.96. The molecule has 2 atom stereocenters. The maximum absolute atomic E-state index is 11.9. The molecule has 92 valence electrons. The van der Waals surface area contributed by atoms with Gasteiger partial charge in [-0.2, -0.15) is 0 Å². The summed E-state index contributed by atoms with van der Waals surface area (Å²) in [6, 6.07) is 0.652. The van der Waals surface area contributed by atoms with Gasteiger partial charge in [-0.1, -0.05) is 13.3 Å². The van der Waals surface area contributed by atoms with Crippen LogP contribution >= 0.6 is 0 Å². The summed E-state index contributed by atoms with van der Waals surface area (Å²) in [6.07, 6.45) is 7.36. The van der Waals surface area contributed by atoms with E-state index in [4.69, 9.17) is 0 Å². The molecule has 0 aliphatic carbocycles. The van der Waals surface area contributed by atoms with Gasteiger partial charge in [0.1, 0.15) is 0 Å². The molecule has 0 aromatic heterocycles. The van der Waals surface area contributed by atoms with E-state index in [0.29, 0.717) is 11.9 Å². The zero-order valence-corrected chi connectivity index (χ0v) is 10.4. The van der Waals surface area contributed by atoms with E-state index in [2.05, 4.69) is 17.1 Å². The molecule has 2 aliphatic heterocycles. The topological polar surface area (TPSA) is 32.3 Å². The van der Waals surface area contributed by atoms with Crippen LogP contribution < -0.4 is 5.32 Å². The first-order chi connectivity index (χ1) is 7.77. The normalized spacial score (nSPS) is 31.8. The van der Waals surface area contributed by atoms with Crippen LogP contribution in [0.2, 0.25) is 0 Å². The highest BCUT2D eigenvalue weighted by atomic mass is 16.2. The van der Waals surface area contributed by atoms with Crippen molar-refractivity contribution < 1.29 is 4.79 Å². The highest BCUT2D eigenvalue weighted by Gasteiger charge is 2.25. The first-order valence-electron chi connectivity index (χ1n) is 6.79. The lowest BCUT2D eigenvalue weighted by molar-refractivity contribution is -0.137. The number of nitrogens with one attached hydrogen (secondary N) is 1. The van der Waals surface area contributed by atoms with E-state index in [1.54, 1.807) is 0 Å². The summed E-state index contributed by atoms with van der Waals surface area (Å²) in [5.41, 5.74) is 0. The number of hydrogen-bond donors (Lipinski definition) is 1. The molecule has 1 amide bonds. The Bertz CT molecular complexity index is 236. The lowest BCUT2D eigenvalue weighted by Crippen LogP contribution is -2.43. The summed E-state index contributed by atoms with van der Waals surface area (Å²) in [6.45, 7) is 5.17. The number of amides is 1. The fourth-order valence-electron chi connectivity index (χ4n) is 2.84. The van der Waals surface area contributed by atoms with Crippen LogP contribution in [0.15, 0.2) is 0 Å². The zero-order valence-electron chi connectivity index (χ0n) is 10.4. The number of likely N-dealkylation sites (tertiary alicyclic amines) is 1. The molecule has 0 bridgehead atoms. The number of nitrogens with zero attached hydrogens (tertiary/aromatic N) is 1. The molecule has 0 spiro atoms. The van der Waals surface area contributed by atoms with Crippen molar-refractivity contribution in [2.75, 3.05) is 19.6 Å². The van der Waals surface area contributed by atoms with E-state index in [1.807, 2.05) is 0 Å². The van der Waals surface area contributed by atoms with Crippen molar-refractivity contribution in [3.8, 4) is 0 Å². The van der Waals surface area contributed by atoms with Crippen molar-refractivity contribution in [1.82, 2.24) is 10.2 Å². The van der Waals surface area contributed by atoms with Gasteiger partial charge >= 0.3 is 0 Å². The Hall–Kier alpha value is -0.570. The number of piperidine rings is 2. The highest BCUT2D eigenvalue weighted by molar-refractivity contribution is 5.79. The summed E-state index contributed by atoms with van der Waals surface area (Å²) in [4.78, 5) is 14.0. The smallest absolute Gasteiger partial charge is 0.225 e. The van der Waals surface area contributed by atoms with Crippen molar-refractivity contribution in [2.45, 2.75) is 51.5 Å². The van der Waals surface area contributed by atoms with E-state index >= 15 is 0 Å². The van der Waals surface area contributed by atoms with Crippen LogP contribution in [0.25, 0.3) is 0 Å². The molecule has 3 nitrogen and oxygen atoms in total. The molecule has 2 fully saturated rings. The summed E-state index contributed by atoms with van der Waals surface area (Å²) in [5.74, 6) is 0.634. The van der Waals surface area contributed by atoms with Crippen LogP contribution in [0, 0.1) is 5.92 Å². The highest BCUT2D eigenvalue weighted by Crippen LogP contribution is 2.18. The minimum absolute atomic E-state index is 0.257. The number of rotatable bonds is 3. The van der Waals surface area contributed by atoms with Gasteiger partial charge < -0.3 is 10.2 Å². The quantitative estimate of drug-likeness (QED) is 0.792. The third kappa shape index (κ3) is 2.97. The molecule has 0 radical (unpaired) electrons. The SMILES string of the molecule is CC1CCCN(CCC2CCCCN2)C1=O. The van der Waals surface area contributed by atoms with Gasteiger partial charge in [0.2, 0.25) is 5.91 Å². The first-order valence-corrected chi connectivity index (χ1v) is 6.79. The van der Waals surface area contributed by atoms with E-state index in [1.165, 1.54) is 25.7 Å². The number of carbonyl (C=O) groups excluding carboxylic acids is 1. The molecule has 2 aliphatic rings. The monoisotopic (exact) mass is 224 g/mol. The van der Waals surface area contributed by atoms with Crippen molar-refractivity contribution in [1.29, 1.82) is 0 Å². The molecule has 0 aromatic rings. The molecule has 16 heavy (non-hydrogen) atoms. The molecular formula is C13H24N2O. The van der Waals surface area contributed by atoms with Gasteiger partial charge in [-0.05, 0) is 38.6 Å². The molecule has 1 N–H and O–H groups in total. The maximum Gasteiger partial charge on any atom is 0.225 e. The van der Waals surface area contributed by atoms with Crippen LogP contribution in [0.1, 0.15) is 45.4 Å². The lowest BCUT2D eigenvalue weighted by atomic mass is 9.97. The molecule has 0 saturated carbocycles. The van der Waals surface area contributed by atoms with Crippen LogP contribution in [0.3, 0.4) is 0 Å².